The standard InChI is InChI=1S/C22H21F3N4O2S/c23-22(24,25)16-4-3-5-17(14-16)32(30,31)29-12-10-28(11-13-29)21-18-6-1-2-7-19(18)26-20(27-21)15-8-9-15/h1-7,14-15H,8-13H2. The molecule has 1 aromatic heterocycles. The van der Waals surface area contributed by atoms with Gasteiger partial charge in [0.05, 0.1) is 16.0 Å². The lowest BCUT2D eigenvalue weighted by atomic mass is 10.2. The highest BCUT2D eigenvalue weighted by Gasteiger charge is 2.35. The number of nitrogens with zero attached hydrogens (tertiary/aromatic N) is 4. The summed E-state index contributed by atoms with van der Waals surface area (Å²) < 4.78 is 66.3. The Morgan fingerprint density at radius 1 is 0.906 bits per heavy atom. The molecule has 0 spiro atoms. The second-order valence-corrected chi connectivity index (χ2v) is 10.1. The van der Waals surface area contributed by atoms with Gasteiger partial charge in [-0.05, 0) is 43.2 Å². The van der Waals surface area contributed by atoms with Crippen molar-refractivity contribution < 1.29 is 21.6 Å². The summed E-state index contributed by atoms with van der Waals surface area (Å²) in [7, 11) is -4.03. The molecule has 0 amide bonds. The molecule has 0 N–H and O–H groups in total. The van der Waals surface area contributed by atoms with Gasteiger partial charge >= 0.3 is 6.18 Å². The van der Waals surface area contributed by atoms with E-state index in [4.69, 9.17) is 4.98 Å². The Bertz CT molecular complexity index is 1270. The third-order valence-corrected chi connectivity index (χ3v) is 7.77. The van der Waals surface area contributed by atoms with Crippen molar-refractivity contribution in [1.29, 1.82) is 0 Å². The summed E-state index contributed by atoms with van der Waals surface area (Å²) in [6.45, 7) is 1.11. The Hall–Kier alpha value is -2.72. The first-order valence-corrected chi connectivity index (χ1v) is 11.9. The topological polar surface area (TPSA) is 66.4 Å². The highest BCUT2D eigenvalue weighted by molar-refractivity contribution is 7.89. The van der Waals surface area contributed by atoms with Gasteiger partial charge in [0.15, 0.2) is 0 Å². The molecule has 6 nitrogen and oxygen atoms in total. The van der Waals surface area contributed by atoms with Crippen LogP contribution in [-0.2, 0) is 16.2 Å². The fourth-order valence-corrected chi connectivity index (χ4v) is 5.43. The summed E-state index contributed by atoms with van der Waals surface area (Å²) in [6, 6.07) is 11.6. The highest BCUT2D eigenvalue weighted by Crippen LogP contribution is 2.40. The van der Waals surface area contributed by atoms with Gasteiger partial charge in [-0.15, -0.1) is 0 Å². The molecule has 2 fully saturated rings. The van der Waals surface area contributed by atoms with Crippen LogP contribution in [0.2, 0.25) is 0 Å². The smallest absolute Gasteiger partial charge is 0.353 e. The minimum atomic E-state index is -4.60. The molecule has 0 unspecified atom stereocenters. The van der Waals surface area contributed by atoms with Crippen LogP contribution >= 0.6 is 0 Å². The first-order valence-electron chi connectivity index (χ1n) is 10.4. The molecule has 0 radical (unpaired) electrons. The quantitative estimate of drug-likeness (QED) is 0.586. The first-order chi connectivity index (χ1) is 15.2. The molecule has 5 rings (SSSR count). The summed E-state index contributed by atoms with van der Waals surface area (Å²) >= 11 is 0. The van der Waals surface area contributed by atoms with E-state index in [1.54, 1.807) is 0 Å². The third kappa shape index (κ3) is 3.93. The van der Waals surface area contributed by atoms with Gasteiger partial charge in [-0.3, -0.25) is 0 Å². The molecule has 1 saturated heterocycles. The Morgan fingerprint density at radius 3 is 2.31 bits per heavy atom. The molecule has 1 aliphatic carbocycles. The van der Waals surface area contributed by atoms with E-state index in [-0.39, 0.29) is 18.0 Å². The maximum Gasteiger partial charge on any atom is 0.416 e. The molecule has 32 heavy (non-hydrogen) atoms. The van der Waals surface area contributed by atoms with E-state index in [0.29, 0.717) is 25.1 Å². The van der Waals surface area contributed by atoms with Crippen LogP contribution in [0.5, 0.6) is 0 Å². The number of anilines is 1. The average molecular weight is 462 g/mol. The van der Waals surface area contributed by atoms with Gasteiger partial charge in [0.25, 0.3) is 0 Å². The van der Waals surface area contributed by atoms with E-state index >= 15 is 0 Å². The summed E-state index contributed by atoms with van der Waals surface area (Å²) in [5, 5.41) is 0.908. The lowest BCUT2D eigenvalue weighted by Gasteiger charge is -2.35. The highest BCUT2D eigenvalue weighted by atomic mass is 32.2. The van der Waals surface area contributed by atoms with Crippen LogP contribution in [0.15, 0.2) is 53.4 Å². The van der Waals surface area contributed by atoms with Gasteiger partial charge in [-0.2, -0.15) is 17.5 Å². The number of halogens is 3. The zero-order chi connectivity index (χ0) is 22.5. The van der Waals surface area contributed by atoms with Crippen LogP contribution in [0.25, 0.3) is 10.9 Å². The molecule has 0 bridgehead atoms. The lowest BCUT2D eigenvalue weighted by molar-refractivity contribution is -0.137. The molecular formula is C22H21F3N4O2S. The molecule has 2 heterocycles. The van der Waals surface area contributed by atoms with Crippen molar-refractivity contribution in [2.24, 2.45) is 0 Å². The van der Waals surface area contributed by atoms with Gasteiger partial charge in [-0.1, -0.05) is 18.2 Å². The van der Waals surface area contributed by atoms with E-state index in [1.807, 2.05) is 29.2 Å². The Balaban J connectivity index is 1.39. The predicted octanol–water partition coefficient (Wildman–Crippen LogP) is 4.04. The van der Waals surface area contributed by atoms with Crippen molar-refractivity contribution >= 4 is 26.7 Å². The number of rotatable bonds is 4. The second kappa shape index (κ2) is 7.70. The molecule has 0 atom stereocenters. The van der Waals surface area contributed by atoms with Crippen LogP contribution in [-0.4, -0.2) is 48.9 Å². The average Bonchev–Trinajstić information content (AvgIpc) is 3.63. The SMILES string of the molecule is O=S(=O)(c1cccc(C(F)(F)F)c1)N1CCN(c2nc(C3CC3)nc3ccccc23)CC1. The molecule has 2 aromatic carbocycles. The molecule has 1 saturated carbocycles. The molecule has 168 valence electrons. The van der Waals surface area contributed by atoms with Crippen molar-refractivity contribution in [2.45, 2.75) is 29.8 Å². The number of para-hydroxylation sites is 1. The fraction of sp³-hybridized carbons (Fsp3) is 0.364. The van der Waals surface area contributed by atoms with E-state index in [1.165, 1.54) is 10.4 Å². The van der Waals surface area contributed by atoms with E-state index in [0.717, 1.165) is 47.5 Å². The Labute approximate surface area is 183 Å². The number of sulfonamides is 1. The van der Waals surface area contributed by atoms with Gasteiger partial charge in [0, 0.05) is 37.5 Å². The van der Waals surface area contributed by atoms with Crippen molar-refractivity contribution in [3.63, 3.8) is 0 Å². The van der Waals surface area contributed by atoms with E-state index < -0.39 is 21.8 Å². The zero-order valence-electron chi connectivity index (χ0n) is 17.1. The largest absolute Gasteiger partial charge is 0.416 e. The summed E-state index contributed by atoms with van der Waals surface area (Å²) in [6.07, 6.45) is -2.46. The van der Waals surface area contributed by atoms with Crippen molar-refractivity contribution in [1.82, 2.24) is 14.3 Å². The normalized spacial score (nSPS) is 18.3. The second-order valence-electron chi connectivity index (χ2n) is 8.11. The summed E-state index contributed by atoms with van der Waals surface area (Å²) in [4.78, 5) is 11.2. The first kappa shape index (κ1) is 21.1. The minimum absolute atomic E-state index is 0.162. The lowest BCUT2D eigenvalue weighted by Crippen LogP contribution is -2.49. The van der Waals surface area contributed by atoms with Crippen molar-refractivity contribution in [3.8, 4) is 0 Å². The van der Waals surface area contributed by atoms with Crippen molar-refractivity contribution in [3.05, 3.63) is 59.9 Å². The van der Waals surface area contributed by atoms with Crippen LogP contribution < -0.4 is 4.90 Å². The van der Waals surface area contributed by atoms with E-state index in [2.05, 4.69) is 4.98 Å². The van der Waals surface area contributed by atoms with Crippen molar-refractivity contribution in [2.75, 3.05) is 31.1 Å². The number of hydrogen-bond donors (Lipinski definition) is 0. The number of fused-ring (bicyclic) bond motifs is 1. The maximum absolute atomic E-state index is 13.0. The van der Waals surface area contributed by atoms with Crippen LogP contribution in [0.4, 0.5) is 19.0 Å². The number of benzene rings is 2. The maximum atomic E-state index is 13.0. The number of alkyl halides is 3. The van der Waals surface area contributed by atoms with E-state index in [9.17, 15) is 21.6 Å². The molecule has 3 aromatic rings. The third-order valence-electron chi connectivity index (χ3n) is 5.88. The van der Waals surface area contributed by atoms with Gasteiger partial charge in [0.2, 0.25) is 10.0 Å². The molecule has 10 heteroatoms. The molecular weight excluding hydrogens is 441 g/mol. The Kier molecular flexibility index (Phi) is 5.09. The number of aromatic nitrogens is 2. The van der Waals surface area contributed by atoms with Gasteiger partial charge in [0.1, 0.15) is 11.6 Å². The predicted molar refractivity (Wildman–Crippen MR) is 114 cm³/mol. The molecule has 1 aliphatic heterocycles. The fourth-order valence-electron chi connectivity index (χ4n) is 3.96. The molecule has 2 aliphatic rings. The summed E-state index contributed by atoms with van der Waals surface area (Å²) in [5.74, 6) is 1.98. The van der Waals surface area contributed by atoms with Crippen LogP contribution in [0.3, 0.4) is 0 Å². The monoisotopic (exact) mass is 462 g/mol. The van der Waals surface area contributed by atoms with Gasteiger partial charge in [-0.25, -0.2) is 18.4 Å². The van der Waals surface area contributed by atoms with Crippen LogP contribution in [0.1, 0.15) is 30.1 Å². The zero-order valence-corrected chi connectivity index (χ0v) is 17.9. The van der Waals surface area contributed by atoms with Gasteiger partial charge < -0.3 is 4.90 Å². The number of hydrogen-bond acceptors (Lipinski definition) is 5. The summed E-state index contributed by atoms with van der Waals surface area (Å²) in [5.41, 5.74) is -0.115. The number of piperazine rings is 1. The van der Waals surface area contributed by atoms with Crippen LogP contribution in [0, 0.1) is 0 Å². The minimum Gasteiger partial charge on any atom is -0.353 e. The Morgan fingerprint density at radius 2 is 1.62 bits per heavy atom.